The van der Waals surface area contributed by atoms with Gasteiger partial charge in [0.2, 0.25) is 0 Å². The second-order valence-corrected chi connectivity index (χ2v) is 7.47. The third-order valence-electron chi connectivity index (χ3n) is 5.35. The quantitative estimate of drug-likeness (QED) is 0.736. The van der Waals surface area contributed by atoms with Crippen LogP contribution in [0.2, 0.25) is 0 Å². The number of hydrogen-bond acceptors (Lipinski definition) is 6. The first-order chi connectivity index (χ1) is 14.0. The van der Waals surface area contributed by atoms with E-state index in [1.54, 1.807) is 39.8 Å². The molecule has 0 atom stereocenters. The van der Waals surface area contributed by atoms with Gasteiger partial charge in [-0.05, 0) is 63.8 Å². The lowest BCUT2D eigenvalue weighted by atomic mass is 9.91. The number of hydrogen-bond donors (Lipinski definition) is 1. The molecule has 8 nitrogen and oxygen atoms in total. The molecule has 1 fully saturated rings. The Morgan fingerprint density at radius 2 is 1.93 bits per heavy atom. The van der Waals surface area contributed by atoms with E-state index >= 15 is 0 Å². The summed E-state index contributed by atoms with van der Waals surface area (Å²) in [6.45, 7) is 3.91. The minimum absolute atomic E-state index is 0.0524. The zero-order valence-electron chi connectivity index (χ0n) is 16.5. The van der Waals surface area contributed by atoms with Gasteiger partial charge < -0.3 is 5.32 Å². The molecule has 0 spiro atoms. The zero-order chi connectivity index (χ0) is 20.4. The number of aromatic nitrogens is 5. The SMILES string of the molecule is Cc1cc(C)n(-c2ccc(=O)n(C3CCC(Nc4ncccc4C#N)CC3)n2)n1. The van der Waals surface area contributed by atoms with Crippen LogP contribution in [0.4, 0.5) is 5.82 Å². The monoisotopic (exact) mass is 389 g/mol. The number of nitrogens with one attached hydrogen (secondary N) is 1. The first kappa shape index (κ1) is 18.9. The molecule has 0 radical (unpaired) electrons. The third kappa shape index (κ3) is 3.90. The molecule has 0 aliphatic heterocycles. The molecule has 0 unspecified atom stereocenters. The van der Waals surface area contributed by atoms with Crippen LogP contribution in [0.15, 0.2) is 41.3 Å². The highest BCUT2D eigenvalue weighted by molar-refractivity contribution is 5.51. The Hall–Kier alpha value is -3.47. The molecule has 1 saturated carbocycles. The molecule has 8 heteroatoms. The van der Waals surface area contributed by atoms with Crippen LogP contribution < -0.4 is 10.9 Å². The number of pyridine rings is 1. The fourth-order valence-corrected chi connectivity index (χ4v) is 3.92. The van der Waals surface area contributed by atoms with Crippen molar-refractivity contribution in [3.63, 3.8) is 0 Å². The molecule has 29 heavy (non-hydrogen) atoms. The molecule has 148 valence electrons. The summed E-state index contributed by atoms with van der Waals surface area (Å²) in [5.41, 5.74) is 2.35. The van der Waals surface area contributed by atoms with Gasteiger partial charge >= 0.3 is 0 Å². The standard InChI is InChI=1S/C21H23N7O/c1-14-12-15(2)27(25-14)19-9-10-20(29)28(26-19)18-7-5-17(6-8-18)24-21-16(13-22)4-3-11-23-21/h3-4,9-12,17-18H,5-8H2,1-2H3,(H,23,24). The maximum absolute atomic E-state index is 12.5. The number of aryl methyl sites for hydroxylation is 2. The predicted octanol–water partition coefficient (Wildman–Crippen LogP) is 2.91. The summed E-state index contributed by atoms with van der Waals surface area (Å²) in [7, 11) is 0. The Labute approximate surface area is 168 Å². The van der Waals surface area contributed by atoms with Gasteiger partial charge in [-0.3, -0.25) is 4.79 Å². The van der Waals surface area contributed by atoms with Gasteiger partial charge in [0.25, 0.3) is 5.56 Å². The lowest BCUT2D eigenvalue weighted by Gasteiger charge is -2.30. The average molecular weight is 389 g/mol. The molecule has 1 aliphatic rings. The molecule has 4 rings (SSSR count). The number of nitriles is 1. The Kier molecular flexibility index (Phi) is 5.12. The molecule has 0 amide bonds. The maximum Gasteiger partial charge on any atom is 0.267 e. The van der Waals surface area contributed by atoms with Crippen molar-refractivity contribution in [2.24, 2.45) is 0 Å². The molecule has 3 aromatic heterocycles. The van der Waals surface area contributed by atoms with Crippen LogP contribution in [0.5, 0.6) is 0 Å². The van der Waals surface area contributed by atoms with Crippen LogP contribution >= 0.6 is 0 Å². The van der Waals surface area contributed by atoms with Crippen LogP contribution in [0.1, 0.15) is 48.7 Å². The van der Waals surface area contributed by atoms with Gasteiger partial charge in [-0.2, -0.15) is 10.4 Å². The Morgan fingerprint density at radius 1 is 1.14 bits per heavy atom. The van der Waals surface area contributed by atoms with Crippen LogP contribution in [0.3, 0.4) is 0 Å². The lowest BCUT2D eigenvalue weighted by molar-refractivity contribution is 0.302. The average Bonchev–Trinajstić information content (AvgIpc) is 3.07. The number of anilines is 1. The molecule has 0 saturated heterocycles. The van der Waals surface area contributed by atoms with E-state index in [4.69, 9.17) is 0 Å². The van der Waals surface area contributed by atoms with Crippen LogP contribution in [0.25, 0.3) is 5.82 Å². The van der Waals surface area contributed by atoms with E-state index in [0.29, 0.717) is 17.2 Å². The topological polar surface area (TPSA) is 101 Å². The van der Waals surface area contributed by atoms with Gasteiger partial charge in [-0.1, -0.05) is 0 Å². The highest BCUT2D eigenvalue weighted by atomic mass is 16.1. The summed E-state index contributed by atoms with van der Waals surface area (Å²) in [6, 6.07) is 11.2. The molecule has 1 N–H and O–H groups in total. The maximum atomic E-state index is 12.5. The van der Waals surface area contributed by atoms with Crippen LogP contribution in [-0.2, 0) is 0 Å². The minimum Gasteiger partial charge on any atom is -0.366 e. The van der Waals surface area contributed by atoms with Crippen molar-refractivity contribution in [3.8, 4) is 11.9 Å². The first-order valence-electron chi connectivity index (χ1n) is 9.80. The Balaban J connectivity index is 1.49. The summed E-state index contributed by atoms with van der Waals surface area (Å²) in [4.78, 5) is 16.7. The van der Waals surface area contributed by atoms with E-state index < -0.39 is 0 Å². The van der Waals surface area contributed by atoms with E-state index in [0.717, 1.165) is 37.1 Å². The molecule has 0 aromatic carbocycles. The van der Waals surface area contributed by atoms with Gasteiger partial charge in [-0.15, -0.1) is 5.10 Å². The molecular weight excluding hydrogens is 366 g/mol. The van der Waals surface area contributed by atoms with E-state index in [9.17, 15) is 10.1 Å². The lowest BCUT2D eigenvalue weighted by Crippen LogP contribution is -2.34. The zero-order valence-corrected chi connectivity index (χ0v) is 16.5. The van der Waals surface area contributed by atoms with Crippen molar-refractivity contribution in [1.29, 1.82) is 5.26 Å². The van der Waals surface area contributed by atoms with Crippen molar-refractivity contribution in [1.82, 2.24) is 24.5 Å². The second-order valence-electron chi connectivity index (χ2n) is 7.47. The van der Waals surface area contributed by atoms with Gasteiger partial charge in [0.1, 0.15) is 11.9 Å². The van der Waals surface area contributed by atoms with E-state index in [1.165, 1.54) is 0 Å². The Bertz CT molecular complexity index is 1120. The van der Waals surface area contributed by atoms with Gasteiger partial charge in [0.05, 0.1) is 17.3 Å². The number of rotatable bonds is 4. The summed E-state index contributed by atoms with van der Waals surface area (Å²) in [5.74, 6) is 1.28. The second kappa shape index (κ2) is 7.87. The van der Waals surface area contributed by atoms with Crippen LogP contribution in [0, 0.1) is 25.2 Å². The van der Waals surface area contributed by atoms with E-state index in [-0.39, 0.29) is 17.6 Å². The third-order valence-corrected chi connectivity index (χ3v) is 5.35. The molecule has 3 aromatic rings. The summed E-state index contributed by atoms with van der Waals surface area (Å²) in [5, 5.41) is 21.7. The highest BCUT2D eigenvalue weighted by Crippen LogP contribution is 2.29. The molecule has 3 heterocycles. The van der Waals surface area contributed by atoms with E-state index in [1.807, 2.05) is 19.9 Å². The number of nitrogens with zero attached hydrogens (tertiary/aromatic N) is 6. The summed E-state index contributed by atoms with van der Waals surface area (Å²) < 4.78 is 3.37. The van der Waals surface area contributed by atoms with Crippen molar-refractivity contribution >= 4 is 5.82 Å². The molecular formula is C21H23N7O. The van der Waals surface area contributed by atoms with Gasteiger partial charge in [0, 0.05) is 24.0 Å². The summed E-state index contributed by atoms with van der Waals surface area (Å²) in [6.07, 6.45) is 5.11. The van der Waals surface area contributed by atoms with Gasteiger partial charge in [0.15, 0.2) is 5.82 Å². The molecule has 0 bridgehead atoms. The van der Waals surface area contributed by atoms with Crippen molar-refractivity contribution in [3.05, 3.63) is 63.8 Å². The van der Waals surface area contributed by atoms with Crippen molar-refractivity contribution in [2.45, 2.75) is 51.6 Å². The van der Waals surface area contributed by atoms with Gasteiger partial charge in [-0.25, -0.2) is 14.3 Å². The highest BCUT2D eigenvalue weighted by Gasteiger charge is 2.25. The normalized spacial score (nSPS) is 18.9. The first-order valence-corrected chi connectivity index (χ1v) is 9.80. The van der Waals surface area contributed by atoms with Crippen molar-refractivity contribution in [2.75, 3.05) is 5.32 Å². The fraction of sp³-hybridized carbons (Fsp3) is 0.381. The summed E-state index contributed by atoms with van der Waals surface area (Å²) >= 11 is 0. The fourth-order valence-electron chi connectivity index (χ4n) is 3.92. The Morgan fingerprint density at radius 3 is 2.62 bits per heavy atom. The van der Waals surface area contributed by atoms with Crippen LogP contribution in [-0.4, -0.2) is 30.6 Å². The largest absolute Gasteiger partial charge is 0.366 e. The minimum atomic E-state index is -0.0943. The predicted molar refractivity (Wildman–Crippen MR) is 109 cm³/mol. The van der Waals surface area contributed by atoms with Crippen molar-refractivity contribution < 1.29 is 0 Å². The smallest absolute Gasteiger partial charge is 0.267 e. The van der Waals surface area contributed by atoms with E-state index in [2.05, 4.69) is 26.6 Å². The molecule has 1 aliphatic carbocycles.